The number of nitrogens with zero attached hydrogens (tertiary/aromatic N) is 5. The number of allylic oxidation sites excluding steroid dienone is 2. The summed E-state index contributed by atoms with van der Waals surface area (Å²) in [5, 5.41) is 14.3. The molecule has 0 aliphatic carbocycles. The van der Waals surface area contributed by atoms with Crippen molar-refractivity contribution in [2.45, 2.75) is 20.4 Å². The van der Waals surface area contributed by atoms with Gasteiger partial charge in [-0.25, -0.2) is 10.2 Å². The first kappa shape index (κ1) is 20.4. The van der Waals surface area contributed by atoms with Crippen molar-refractivity contribution in [3.63, 3.8) is 0 Å². The fourth-order valence-electron chi connectivity index (χ4n) is 2.83. The molecule has 10 heteroatoms. The predicted molar refractivity (Wildman–Crippen MR) is 114 cm³/mol. The molecule has 0 unspecified atom stereocenters. The van der Waals surface area contributed by atoms with E-state index < -0.39 is 11.2 Å². The highest BCUT2D eigenvalue weighted by Crippen LogP contribution is 2.17. The zero-order valence-corrected chi connectivity index (χ0v) is 17.2. The number of hydrogen-bond donors (Lipinski definition) is 2. The highest BCUT2D eigenvalue weighted by Gasteiger charge is 2.18. The fraction of sp³-hybridized carbons (Fsp3) is 0.263. The quantitative estimate of drug-likeness (QED) is 0.489. The van der Waals surface area contributed by atoms with Gasteiger partial charge in [0.1, 0.15) is 5.75 Å². The first-order valence-electron chi connectivity index (χ1n) is 8.79. The molecule has 0 aliphatic heterocycles. The molecule has 0 saturated carbocycles. The lowest BCUT2D eigenvalue weighted by Crippen LogP contribution is -2.37. The Bertz CT molecular complexity index is 1240. The number of hydrazone groups is 1. The van der Waals surface area contributed by atoms with Crippen LogP contribution in [0.2, 0.25) is 0 Å². The fourth-order valence-corrected chi connectivity index (χ4v) is 2.90. The third kappa shape index (κ3) is 3.95. The SMILES string of the molecule is C/C(=N/Nc1nc2c(c(=O)n(C)c(=O)n2C)n1C/C=C(\C)Cl)c1ccc(O)cc1. The lowest BCUT2D eigenvalue weighted by atomic mass is 10.1. The van der Waals surface area contributed by atoms with Gasteiger partial charge < -0.3 is 5.11 Å². The summed E-state index contributed by atoms with van der Waals surface area (Å²) in [5.74, 6) is 0.460. The molecule has 0 radical (unpaired) electrons. The van der Waals surface area contributed by atoms with Gasteiger partial charge in [-0.05, 0) is 43.7 Å². The number of anilines is 1. The monoisotopic (exact) mass is 416 g/mol. The Morgan fingerprint density at radius 2 is 1.86 bits per heavy atom. The van der Waals surface area contributed by atoms with Gasteiger partial charge >= 0.3 is 5.69 Å². The van der Waals surface area contributed by atoms with E-state index in [1.165, 1.54) is 11.6 Å². The number of hydrogen-bond acceptors (Lipinski definition) is 6. The number of benzene rings is 1. The number of aryl methyl sites for hydroxylation is 1. The molecule has 2 aromatic heterocycles. The molecule has 3 aromatic rings. The standard InChI is InChI=1S/C19H21ClN6O3/c1-11(20)9-10-26-15-16(24(3)19(29)25(4)17(15)28)21-18(26)23-22-12(2)13-5-7-14(27)8-6-13/h5-9,27H,10H2,1-4H3,(H,21,23)/b11-9+,22-12-. The summed E-state index contributed by atoms with van der Waals surface area (Å²) in [4.78, 5) is 29.4. The molecular formula is C19H21ClN6O3. The minimum Gasteiger partial charge on any atom is -0.508 e. The van der Waals surface area contributed by atoms with Crippen LogP contribution in [0.15, 0.2) is 50.1 Å². The summed E-state index contributed by atoms with van der Waals surface area (Å²) >= 11 is 5.97. The van der Waals surface area contributed by atoms with Gasteiger partial charge in [-0.2, -0.15) is 10.1 Å². The lowest BCUT2D eigenvalue weighted by Gasteiger charge is -2.08. The normalized spacial score (nSPS) is 12.6. The number of fused-ring (bicyclic) bond motifs is 1. The molecule has 0 amide bonds. The van der Waals surface area contributed by atoms with Crippen LogP contribution in [-0.2, 0) is 20.6 Å². The van der Waals surface area contributed by atoms with E-state index in [1.807, 2.05) is 0 Å². The van der Waals surface area contributed by atoms with Crippen LogP contribution in [0.1, 0.15) is 19.4 Å². The average molecular weight is 417 g/mol. The van der Waals surface area contributed by atoms with E-state index in [2.05, 4.69) is 15.5 Å². The molecule has 0 saturated heterocycles. The summed E-state index contributed by atoms with van der Waals surface area (Å²) in [6.45, 7) is 3.80. The summed E-state index contributed by atoms with van der Waals surface area (Å²) < 4.78 is 3.97. The van der Waals surface area contributed by atoms with Crippen LogP contribution in [0.4, 0.5) is 5.95 Å². The second-order valence-electron chi connectivity index (χ2n) is 6.57. The maximum absolute atomic E-state index is 12.7. The second-order valence-corrected chi connectivity index (χ2v) is 7.17. The minimum atomic E-state index is -0.466. The maximum atomic E-state index is 12.7. The number of halogens is 1. The molecule has 2 heterocycles. The highest BCUT2D eigenvalue weighted by atomic mass is 35.5. The van der Waals surface area contributed by atoms with Crippen LogP contribution in [0.3, 0.4) is 0 Å². The average Bonchev–Trinajstić information content (AvgIpc) is 3.06. The van der Waals surface area contributed by atoms with Crippen molar-refractivity contribution in [1.82, 2.24) is 18.7 Å². The second kappa shape index (κ2) is 7.96. The summed E-state index contributed by atoms with van der Waals surface area (Å²) in [7, 11) is 2.98. The zero-order valence-electron chi connectivity index (χ0n) is 16.5. The van der Waals surface area contributed by atoms with E-state index >= 15 is 0 Å². The Kier molecular flexibility index (Phi) is 5.60. The molecule has 9 nitrogen and oxygen atoms in total. The molecule has 0 atom stereocenters. The molecule has 0 fully saturated rings. The van der Waals surface area contributed by atoms with Crippen molar-refractivity contribution in [3.8, 4) is 5.75 Å². The molecule has 0 bridgehead atoms. The Labute approximate surface area is 171 Å². The van der Waals surface area contributed by atoms with Gasteiger partial charge in [0.25, 0.3) is 5.56 Å². The minimum absolute atomic E-state index is 0.163. The molecule has 3 rings (SSSR count). The predicted octanol–water partition coefficient (Wildman–Crippen LogP) is 2.12. The molecule has 1 aromatic carbocycles. The third-order valence-electron chi connectivity index (χ3n) is 4.51. The maximum Gasteiger partial charge on any atom is 0.332 e. The van der Waals surface area contributed by atoms with E-state index in [0.29, 0.717) is 16.7 Å². The number of aromatic nitrogens is 4. The molecular weight excluding hydrogens is 396 g/mol. The van der Waals surface area contributed by atoms with Gasteiger partial charge in [0.05, 0.1) is 5.71 Å². The van der Waals surface area contributed by atoms with Crippen LogP contribution in [-0.4, -0.2) is 29.5 Å². The van der Waals surface area contributed by atoms with Crippen LogP contribution in [0.5, 0.6) is 5.75 Å². The Balaban J connectivity index is 2.13. The number of nitrogens with one attached hydrogen (secondary N) is 1. The van der Waals surface area contributed by atoms with Crippen molar-refractivity contribution in [3.05, 3.63) is 61.8 Å². The van der Waals surface area contributed by atoms with Crippen LogP contribution in [0.25, 0.3) is 11.2 Å². The number of aromatic hydroxyl groups is 1. The van der Waals surface area contributed by atoms with Crippen molar-refractivity contribution in [1.29, 1.82) is 0 Å². The largest absolute Gasteiger partial charge is 0.508 e. The molecule has 29 heavy (non-hydrogen) atoms. The first-order chi connectivity index (χ1) is 13.7. The van der Waals surface area contributed by atoms with E-state index in [0.717, 1.165) is 10.1 Å². The third-order valence-corrected chi connectivity index (χ3v) is 4.67. The van der Waals surface area contributed by atoms with Crippen LogP contribution >= 0.6 is 11.6 Å². The van der Waals surface area contributed by atoms with Crippen molar-refractivity contribution in [2.24, 2.45) is 19.2 Å². The van der Waals surface area contributed by atoms with Gasteiger partial charge in [-0.15, -0.1) is 0 Å². The zero-order chi connectivity index (χ0) is 21.3. The van der Waals surface area contributed by atoms with Crippen LogP contribution in [0, 0.1) is 0 Å². The lowest BCUT2D eigenvalue weighted by molar-refractivity contribution is 0.475. The highest BCUT2D eigenvalue weighted by molar-refractivity contribution is 6.29. The number of phenols is 1. The van der Waals surface area contributed by atoms with Gasteiger partial charge in [-0.1, -0.05) is 17.7 Å². The Hall–Kier alpha value is -3.33. The van der Waals surface area contributed by atoms with Crippen LogP contribution < -0.4 is 16.7 Å². The van der Waals surface area contributed by atoms with Gasteiger partial charge in [-0.3, -0.25) is 18.5 Å². The van der Waals surface area contributed by atoms with Gasteiger partial charge in [0.2, 0.25) is 5.95 Å². The van der Waals surface area contributed by atoms with E-state index in [-0.39, 0.29) is 23.5 Å². The topological polar surface area (TPSA) is 106 Å². The number of rotatable bonds is 5. The summed E-state index contributed by atoms with van der Waals surface area (Å²) in [6, 6.07) is 6.60. The van der Waals surface area contributed by atoms with E-state index in [9.17, 15) is 14.7 Å². The van der Waals surface area contributed by atoms with Crippen molar-refractivity contribution >= 4 is 34.4 Å². The molecule has 0 spiro atoms. The molecule has 0 aliphatic rings. The van der Waals surface area contributed by atoms with Gasteiger partial charge in [0, 0.05) is 25.7 Å². The smallest absolute Gasteiger partial charge is 0.332 e. The summed E-state index contributed by atoms with van der Waals surface area (Å²) in [6.07, 6.45) is 1.73. The molecule has 152 valence electrons. The van der Waals surface area contributed by atoms with E-state index in [1.54, 1.807) is 55.8 Å². The number of phenolic OH excluding ortho intramolecular Hbond substituents is 1. The van der Waals surface area contributed by atoms with Crippen molar-refractivity contribution < 1.29 is 5.11 Å². The molecule has 2 N–H and O–H groups in total. The Morgan fingerprint density at radius 1 is 1.21 bits per heavy atom. The van der Waals surface area contributed by atoms with E-state index in [4.69, 9.17) is 11.6 Å². The van der Waals surface area contributed by atoms with Gasteiger partial charge in [0.15, 0.2) is 11.2 Å². The number of imidazole rings is 1. The first-order valence-corrected chi connectivity index (χ1v) is 9.16. The van der Waals surface area contributed by atoms with Crippen molar-refractivity contribution in [2.75, 3.05) is 5.43 Å². The summed E-state index contributed by atoms with van der Waals surface area (Å²) in [5.41, 5.74) is 3.92. The Morgan fingerprint density at radius 3 is 2.48 bits per heavy atom.